The second-order valence-corrected chi connectivity index (χ2v) is 12.5. The first kappa shape index (κ1) is 29.5. The van der Waals surface area contributed by atoms with E-state index < -0.39 is 0 Å². The van der Waals surface area contributed by atoms with Crippen LogP contribution in [0.1, 0.15) is 22.9 Å². The Morgan fingerprint density at radius 3 is 1.62 bits per heavy atom. The fourth-order valence-electron chi connectivity index (χ4n) is 6.86. The lowest BCUT2D eigenvalue weighted by Gasteiger charge is -2.22. The van der Waals surface area contributed by atoms with Crippen molar-refractivity contribution < 1.29 is 0 Å². The molecule has 0 amide bonds. The molecular formula is C46H32N4. The van der Waals surface area contributed by atoms with Gasteiger partial charge in [0.15, 0.2) is 6.17 Å². The highest BCUT2D eigenvalue weighted by molar-refractivity contribution is 6.17. The third-order valence-electron chi connectivity index (χ3n) is 9.32. The topological polar surface area (TPSA) is 49.6 Å². The first-order valence-electron chi connectivity index (χ1n) is 16.9. The van der Waals surface area contributed by atoms with Gasteiger partial charge in [0.25, 0.3) is 0 Å². The highest BCUT2D eigenvalue weighted by Crippen LogP contribution is 2.39. The molecule has 9 rings (SSSR count). The minimum Gasteiger partial charge on any atom is -0.324 e. The fraction of sp³-hybridized carbons (Fsp3) is 0.0217. The molecule has 0 saturated carbocycles. The molecule has 1 aromatic heterocycles. The van der Waals surface area contributed by atoms with Gasteiger partial charge in [-0.15, -0.1) is 0 Å². The van der Waals surface area contributed by atoms with Crippen LogP contribution in [0.25, 0.3) is 55.2 Å². The number of hydrogen-bond acceptors (Lipinski definition) is 4. The highest BCUT2D eigenvalue weighted by Gasteiger charge is 2.21. The van der Waals surface area contributed by atoms with Crippen LogP contribution in [-0.4, -0.2) is 16.7 Å². The van der Waals surface area contributed by atoms with E-state index in [0.29, 0.717) is 0 Å². The van der Waals surface area contributed by atoms with E-state index >= 15 is 0 Å². The molecule has 4 heteroatoms. The van der Waals surface area contributed by atoms with Crippen molar-refractivity contribution in [2.45, 2.75) is 6.17 Å². The van der Waals surface area contributed by atoms with Gasteiger partial charge in [-0.05, 0) is 39.9 Å². The normalized spacial score (nSPS) is 13.1. The van der Waals surface area contributed by atoms with Crippen LogP contribution in [0.3, 0.4) is 0 Å². The lowest BCUT2D eigenvalue weighted by Crippen LogP contribution is -2.35. The summed E-state index contributed by atoms with van der Waals surface area (Å²) in [6.07, 6.45) is -0.363. The summed E-state index contributed by atoms with van der Waals surface area (Å²) in [5, 5.41) is 7.00. The van der Waals surface area contributed by atoms with Gasteiger partial charge in [0.2, 0.25) is 0 Å². The average Bonchev–Trinajstić information content (AvgIpc) is 3.21. The van der Waals surface area contributed by atoms with Crippen LogP contribution in [0.5, 0.6) is 0 Å². The number of rotatable bonds is 6. The summed E-state index contributed by atoms with van der Waals surface area (Å²) in [5.41, 5.74) is 10.9. The lowest BCUT2D eigenvalue weighted by atomic mass is 9.91. The van der Waals surface area contributed by atoms with Crippen molar-refractivity contribution in [1.82, 2.24) is 10.3 Å². The number of nitrogens with zero attached hydrogens (tertiary/aromatic N) is 3. The summed E-state index contributed by atoms with van der Waals surface area (Å²) in [7, 11) is 0. The molecule has 0 aliphatic carbocycles. The number of para-hydroxylation sites is 1. The van der Waals surface area contributed by atoms with Crippen LogP contribution in [0, 0.1) is 0 Å². The van der Waals surface area contributed by atoms with Crippen LogP contribution in [0.4, 0.5) is 0 Å². The maximum atomic E-state index is 5.14. The van der Waals surface area contributed by atoms with E-state index in [0.717, 1.165) is 67.0 Å². The number of nitrogens with one attached hydrogen (secondary N) is 1. The van der Waals surface area contributed by atoms with Gasteiger partial charge in [0.1, 0.15) is 11.7 Å². The molecule has 50 heavy (non-hydrogen) atoms. The minimum absolute atomic E-state index is 0.363. The maximum absolute atomic E-state index is 5.14. The Labute approximate surface area is 291 Å². The molecule has 0 unspecified atom stereocenters. The predicted octanol–water partition coefficient (Wildman–Crippen LogP) is 10.9. The third-order valence-corrected chi connectivity index (χ3v) is 9.32. The highest BCUT2D eigenvalue weighted by atomic mass is 15.2. The minimum atomic E-state index is -0.363. The van der Waals surface area contributed by atoms with Gasteiger partial charge in [-0.1, -0.05) is 170 Å². The number of aromatic nitrogens is 1. The fourth-order valence-corrected chi connectivity index (χ4v) is 6.86. The van der Waals surface area contributed by atoms with Crippen LogP contribution < -0.4 is 5.32 Å². The van der Waals surface area contributed by atoms with E-state index in [9.17, 15) is 0 Å². The van der Waals surface area contributed by atoms with E-state index in [2.05, 4.69) is 145 Å². The van der Waals surface area contributed by atoms with Crippen molar-refractivity contribution >= 4 is 33.3 Å². The first-order chi connectivity index (χ1) is 24.8. The van der Waals surface area contributed by atoms with Crippen LogP contribution in [-0.2, 0) is 0 Å². The molecule has 236 valence electrons. The second kappa shape index (κ2) is 12.8. The van der Waals surface area contributed by atoms with Crippen LogP contribution >= 0.6 is 0 Å². The maximum Gasteiger partial charge on any atom is 0.169 e. The molecule has 2 heterocycles. The van der Waals surface area contributed by atoms with Gasteiger partial charge in [-0.2, -0.15) is 0 Å². The van der Waals surface area contributed by atoms with Crippen LogP contribution in [0.2, 0.25) is 0 Å². The van der Waals surface area contributed by atoms with Crippen molar-refractivity contribution in [3.05, 3.63) is 199 Å². The third kappa shape index (κ3) is 5.53. The SMILES string of the molecule is c1ccc(C2=NC(c3ccc(-c4cccc(-c5cccc6c(-c7ccccc7)nc7ccccc7c56)c4)cc3)N=C(c3ccccc3)N2)cc1. The lowest BCUT2D eigenvalue weighted by molar-refractivity contribution is 0.756. The van der Waals surface area contributed by atoms with Crippen LogP contribution in [0.15, 0.2) is 192 Å². The number of fused-ring (bicyclic) bond motifs is 3. The molecule has 0 radical (unpaired) electrons. The Morgan fingerprint density at radius 2 is 0.940 bits per heavy atom. The molecule has 7 aromatic carbocycles. The largest absolute Gasteiger partial charge is 0.324 e. The van der Waals surface area contributed by atoms with Crippen molar-refractivity contribution in [2.75, 3.05) is 0 Å². The summed E-state index contributed by atoms with van der Waals surface area (Å²) in [5.74, 6) is 1.63. The second-order valence-electron chi connectivity index (χ2n) is 12.5. The molecule has 1 aliphatic heterocycles. The van der Waals surface area contributed by atoms with E-state index in [1.807, 2.05) is 42.5 Å². The molecule has 1 aliphatic rings. The molecule has 0 spiro atoms. The molecule has 8 aromatic rings. The number of pyridine rings is 1. The molecular weight excluding hydrogens is 609 g/mol. The van der Waals surface area contributed by atoms with E-state index in [1.54, 1.807) is 0 Å². The van der Waals surface area contributed by atoms with E-state index in [-0.39, 0.29) is 6.17 Å². The van der Waals surface area contributed by atoms with Crippen molar-refractivity contribution in [3.63, 3.8) is 0 Å². The van der Waals surface area contributed by atoms with Crippen molar-refractivity contribution in [2.24, 2.45) is 9.98 Å². The summed E-state index contributed by atoms with van der Waals surface area (Å²) in [4.78, 5) is 15.2. The molecule has 0 atom stereocenters. The Morgan fingerprint density at radius 1 is 0.400 bits per heavy atom. The van der Waals surface area contributed by atoms with Gasteiger partial charge >= 0.3 is 0 Å². The van der Waals surface area contributed by atoms with Gasteiger partial charge in [-0.3, -0.25) is 0 Å². The molecule has 0 saturated heterocycles. The zero-order valence-electron chi connectivity index (χ0n) is 27.2. The van der Waals surface area contributed by atoms with Gasteiger partial charge in [-0.25, -0.2) is 15.0 Å². The number of hydrogen-bond donors (Lipinski definition) is 1. The Kier molecular flexibility index (Phi) is 7.52. The Balaban J connectivity index is 1.10. The summed E-state index contributed by atoms with van der Waals surface area (Å²) >= 11 is 0. The van der Waals surface area contributed by atoms with E-state index in [1.165, 1.54) is 16.5 Å². The standard InChI is InChI=1S/C46H32N4/c1-4-14-32(15-5-1)43-40-24-13-23-38(42(40)39-22-10-11-25-41(39)47-43)37-21-12-20-36(30-37)31-26-28-35(29-27-31)46-49-44(33-16-6-2-7-17-33)48-45(50-46)34-18-8-3-9-19-34/h1-30,46H,(H,48,49,50). The Bertz CT molecular complexity index is 2480. The summed E-state index contributed by atoms with van der Waals surface area (Å²) < 4.78 is 0. The smallest absolute Gasteiger partial charge is 0.169 e. The van der Waals surface area contributed by atoms with Crippen molar-refractivity contribution in [1.29, 1.82) is 0 Å². The quantitative estimate of drug-likeness (QED) is 0.184. The van der Waals surface area contributed by atoms with Crippen molar-refractivity contribution in [3.8, 4) is 33.5 Å². The first-order valence-corrected chi connectivity index (χ1v) is 16.9. The molecule has 4 nitrogen and oxygen atoms in total. The zero-order valence-corrected chi connectivity index (χ0v) is 27.2. The van der Waals surface area contributed by atoms with Gasteiger partial charge < -0.3 is 5.32 Å². The van der Waals surface area contributed by atoms with Gasteiger partial charge in [0.05, 0.1) is 11.2 Å². The summed E-state index contributed by atoms with van der Waals surface area (Å²) in [6.45, 7) is 0. The van der Waals surface area contributed by atoms with E-state index in [4.69, 9.17) is 15.0 Å². The molecule has 0 bridgehead atoms. The monoisotopic (exact) mass is 640 g/mol. The number of amidine groups is 2. The number of aliphatic imine (C=N–C) groups is 2. The summed E-state index contributed by atoms with van der Waals surface area (Å²) in [6, 6.07) is 63.5. The Hall–Kier alpha value is -6.65. The number of benzene rings is 7. The predicted molar refractivity (Wildman–Crippen MR) is 207 cm³/mol. The zero-order chi connectivity index (χ0) is 33.3. The molecule has 1 N–H and O–H groups in total. The molecule has 0 fully saturated rings. The average molecular weight is 641 g/mol. The van der Waals surface area contributed by atoms with Gasteiger partial charge in [0, 0.05) is 32.8 Å².